The molecule has 0 bridgehead atoms. The van der Waals surface area contributed by atoms with Gasteiger partial charge in [0.05, 0.1) is 24.1 Å². The number of anilines is 1. The highest BCUT2D eigenvalue weighted by atomic mass is 32.1. The summed E-state index contributed by atoms with van der Waals surface area (Å²) in [6, 6.07) is 12.1. The van der Waals surface area contributed by atoms with Crippen LogP contribution in [-0.4, -0.2) is 18.0 Å². The Morgan fingerprint density at radius 2 is 2.03 bits per heavy atom. The van der Waals surface area contributed by atoms with E-state index in [0.717, 1.165) is 11.1 Å². The van der Waals surface area contributed by atoms with Crippen LogP contribution in [0.1, 0.15) is 33.3 Å². The molecule has 2 aromatic carbocycles. The SMILES string of the molecule is COc1cccc(C2c3c(oc4ccc(C)cc4c3=O)C(=O)N2c2nccs2)c1. The van der Waals surface area contributed by atoms with Crippen molar-refractivity contribution < 1.29 is 13.9 Å². The highest BCUT2D eigenvalue weighted by Gasteiger charge is 2.44. The first-order valence-electron chi connectivity index (χ1n) is 9.03. The highest BCUT2D eigenvalue weighted by molar-refractivity contribution is 7.13. The standard InChI is InChI=1S/C22H16N2O4S/c1-12-6-7-16-15(10-12)19(25)17-18(13-4-3-5-14(11-13)27-2)24(21(26)20(17)28-16)22-23-8-9-29-22/h3-11,18H,1-2H3. The quantitative estimate of drug-likeness (QED) is 0.509. The molecule has 144 valence electrons. The van der Waals surface area contributed by atoms with Crippen molar-refractivity contribution in [2.45, 2.75) is 13.0 Å². The number of hydrogen-bond donors (Lipinski definition) is 0. The number of thiazole rings is 1. The molecule has 2 aromatic heterocycles. The van der Waals surface area contributed by atoms with E-state index in [2.05, 4.69) is 4.98 Å². The maximum absolute atomic E-state index is 13.5. The Morgan fingerprint density at radius 3 is 2.79 bits per heavy atom. The molecule has 4 aromatic rings. The monoisotopic (exact) mass is 404 g/mol. The van der Waals surface area contributed by atoms with Crippen molar-refractivity contribution in [2.24, 2.45) is 0 Å². The molecule has 1 unspecified atom stereocenters. The molecule has 0 saturated heterocycles. The van der Waals surface area contributed by atoms with Gasteiger partial charge in [-0.05, 0) is 36.8 Å². The fraction of sp³-hybridized carbons (Fsp3) is 0.136. The Kier molecular flexibility index (Phi) is 3.99. The second-order valence-corrected chi connectivity index (χ2v) is 7.72. The zero-order valence-electron chi connectivity index (χ0n) is 15.7. The van der Waals surface area contributed by atoms with Gasteiger partial charge >= 0.3 is 0 Å². The van der Waals surface area contributed by atoms with Gasteiger partial charge in [-0.15, -0.1) is 11.3 Å². The van der Waals surface area contributed by atoms with E-state index in [4.69, 9.17) is 9.15 Å². The molecule has 0 fully saturated rings. The van der Waals surface area contributed by atoms with E-state index in [-0.39, 0.29) is 17.1 Å². The average Bonchev–Trinajstić information content (AvgIpc) is 3.35. The molecule has 5 rings (SSSR count). The Labute approximate surface area is 170 Å². The number of ether oxygens (including phenoxy) is 1. The van der Waals surface area contributed by atoms with Crippen LogP contribution in [0, 0.1) is 6.92 Å². The predicted molar refractivity (Wildman–Crippen MR) is 111 cm³/mol. The predicted octanol–water partition coefficient (Wildman–Crippen LogP) is 4.32. The number of nitrogens with zero attached hydrogens (tertiary/aromatic N) is 2. The van der Waals surface area contributed by atoms with Crippen molar-refractivity contribution in [1.29, 1.82) is 0 Å². The van der Waals surface area contributed by atoms with Gasteiger partial charge in [-0.2, -0.15) is 0 Å². The number of rotatable bonds is 3. The fourth-order valence-electron chi connectivity index (χ4n) is 3.75. The summed E-state index contributed by atoms with van der Waals surface area (Å²) in [5.74, 6) is 0.334. The zero-order valence-corrected chi connectivity index (χ0v) is 16.5. The van der Waals surface area contributed by atoms with E-state index < -0.39 is 6.04 Å². The minimum atomic E-state index is -0.639. The first-order chi connectivity index (χ1) is 14.1. The summed E-state index contributed by atoms with van der Waals surface area (Å²) in [6.45, 7) is 1.92. The molecule has 0 spiro atoms. The van der Waals surface area contributed by atoms with Gasteiger partial charge in [-0.25, -0.2) is 4.98 Å². The van der Waals surface area contributed by atoms with E-state index in [1.807, 2.05) is 37.3 Å². The van der Waals surface area contributed by atoms with Crippen molar-refractivity contribution in [3.8, 4) is 5.75 Å². The lowest BCUT2D eigenvalue weighted by Gasteiger charge is -2.22. The lowest BCUT2D eigenvalue weighted by Crippen LogP contribution is -2.29. The van der Waals surface area contributed by atoms with Gasteiger partial charge in [0.15, 0.2) is 10.6 Å². The van der Waals surface area contributed by atoms with Crippen LogP contribution in [-0.2, 0) is 0 Å². The van der Waals surface area contributed by atoms with Crippen LogP contribution in [0.25, 0.3) is 11.0 Å². The van der Waals surface area contributed by atoms with Gasteiger partial charge < -0.3 is 9.15 Å². The number of methoxy groups -OCH3 is 1. The van der Waals surface area contributed by atoms with Crippen LogP contribution in [0.15, 0.2) is 63.3 Å². The zero-order chi connectivity index (χ0) is 20.1. The van der Waals surface area contributed by atoms with Crippen LogP contribution in [0.3, 0.4) is 0 Å². The molecular formula is C22H16N2O4S. The molecule has 6 nitrogen and oxygen atoms in total. The Bertz CT molecular complexity index is 1310. The molecule has 1 amide bonds. The number of carbonyl (C=O) groups is 1. The average molecular weight is 404 g/mol. The molecule has 3 heterocycles. The maximum Gasteiger partial charge on any atom is 0.297 e. The lowest BCUT2D eigenvalue weighted by atomic mass is 9.98. The largest absolute Gasteiger partial charge is 0.497 e. The second kappa shape index (κ2) is 6.56. The van der Waals surface area contributed by atoms with Crippen LogP contribution >= 0.6 is 11.3 Å². The van der Waals surface area contributed by atoms with E-state index in [0.29, 0.717) is 27.4 Å². The minimum absolute atomic E-state index is 0.0642. The molecule has 0 aliphatic carbocycles. The molecule has 0 saturated carbocycles. The van der Waals surface area contributed by atoms with E-state index in [9.17, 15) is 9.59 Å². The number of aryl methyl sites for hydroxylation is 1. The first kappa shape index (κ1) is 17.6. The third kappa shape index (κ3) is 2.66. The number of carbonyl (C=O) groups excluding carboxylic acids is 1. The summed E-state index contributed by atoms with van der Waals surface area (Å²) in [5, 5.41) is 2.77. The topological polar surface area (TPSA) is 72.6 Å². The number of benzene rings is 2. The van der Waals surface area contributed by atoms with Crippen molar-refractivity contribution >= 4 is 33.3 Å². The van der Waals surface area contributed by atoms with Crippen molar-refractivity contribution in [2.75, 3.05) is 12.0 Å². The van der Waals surface area contributed by atoms with Gasteiger partial charge in [0.2, 0.25) is 5.76 Å². The molecule has 0 radical (unpaired) electrons. The third-order valence-electron chi connectivity index (χ3n) is 5.06. The molecule has 1 aliphatic heterocycles. The Balaban J connectivity index is 1.83. The summed E-state index contributed by atoms with van der Waals surface area (Å²) in [6.07, 6.45) is 1.63. The van der Waals surface area contributed by atoms with Crippen LogP contribution in [0.4, 0.5) is 5.13 Å². The molecule has 0 N–H and O–H groups in total. The van der Waals surface area contributed by atoms with E-state index in [1.54, 1.807) is 30.8 Å². The smallest absolute Gasteiger partial charge is 0.297 e. The van der Waals surface area contributed by atoms with Crippen molar-refractivity contribution in [3.05, 3.63) is 86.7 Å². The molecule has 7 heteroatoms. The summed E-state index contributed by atoms with van der Waals surface area (Å²) < 4.78 is 11.3. The van der Waals surface area contributed by atoms with E-state index in [1.165, 1.54) is 16.2 Å². The first-order valence-corrected chi connectivity index (χ1v) is 9.91. The third-order valence-corrected chi connectivity index (χ3v) is 5.83. The summed E-state index contributed by atoms with van der Waals surface area (Å²) in [4.78, 5) is 32.6. The number of amides is 1. The van der Waals surface area contributed by atoms with Crippen molar-refractivity contribution in [1.82, 2.24) is 4.98 Å². The molecule has 1 atom stereocenters. The maximum atomic E-state index is 13.5. The Hall–Kier alpha value is -3.45. The lowest BCUT2D eigenvalue weighted by molar-refractivity contribution is 0.0971. The molecule has 1 aliphatic rings. The van der Waals surface area contributed by atoms with Gasteiger partial charge in [0.1, 0.15) is 11.3 Å². The normalized spacial score (nSPS) is 15.7. The second-order valence-electron chi connectivity index (χ2n) is 6.84. The van der Waals surface area contributed by atoms with Crippen molar-refractivity contribution in [3.63, 3.8) is 0 Å². The molecular weight excluding hydrogens is 388 g/mol. The summed E-state index contributed by atoms with van der Waals surface area (Å²) >= 11 is 1.33. The van der Waals surface area contributed by atoms with Gasteiger partial charge in [0.25, 0.3) is 5.91 Å². The van der Waals surface area contributed by atoms with Crippen LogP contribution in [0.2, 0.25) is 0 Å². The summed E-state index contributed by atoms with van der Waals surface area (Å²) in [5.41, 5.74) is 2.23. The summed E-state index contributed by atoms with van der Waals surface area (Å²) in [7, 11) is 1.58. The van der Waals surface area contributed by atoms with Gasteiger partial charge in [-0.3, -0.25) is 14.5 Å². The molecule has 29 heavy (non-hydrogen) atoms. The number of aromatic nitrogens is 1. The van der Waals surface area contributed by atoms with Gasteiger partial charge in [0, 0.05) is 11.6 Å². The van der Waals surface area contributed by atoms with E-state index >= 15 is 0 Å². The van der Waals surface area contributed by atoms with Gasteiger partial charge in [-0.1, -0.05) is 23.8 Å². The minimum Gasteiger partial charge on any atom is -0.497 e. The number of hydrogen-bond acceptors (Lipinski definition) is 6. The van der Waals surface area contributed by atoms with Crippen LogP contribution < -0.4 is 15.1 Å². The highest BCUT2D eigenvalue weighted by Crippen LogP contribution is 2.42. The fourth-order valence-corrected chi connectivity index (χ4v) is 4.41. The Morgan fingerprint density at radius 1 is 1.17 bits per heavy atom. The number of fused-ring (bicyclic) bond motifs is 2. The van der Waals surface area contributed by atoms with Crippen LogP contribution in [0.5, 0.6) is 5.75 Å².